The number of methoxy groups -OCH3 is 1. The van der Waals surface area contributed by atoms with Gasteiger partial charge in [0, 0.05) is 18.3 Å². The summed E-state index contributed by atoms with van der Waals surface area (Å²) in [6.07, 6.45) is 1.50. The van der Waals surface area contributed by atoms with Crippen LogP contribution < -0.4 is 5.56 Å². The smallest absolute Gasteiger partial charge is 0.356 e. The minimum absolute atomic E-state index is 0.0565. The van der Waals surface area contributed by atoms with E-state index in [2.05, 4.69) is 9.72 Å². The van der Waals surface area contributed by atoms with E-state index in [4.69, 9.17) is 0 Å². The Labute approximate surface area is 135 Å². The molecule has 24 heavy (non-hydrogen) atoms. The van der Waals surface area contributed by atoms with Crippen LogP contribution in [0.25, 0.3) is 16.6 Å². The van der Waals surface area contributed by atoms with Gasteiger partial charge in [-0.15, -0.1) is 0 Å². The normalized spacial score (nSPS) is 10.5. The van der Waals surface area contributed by atoms with Crippen molar-refractivity contribution in [2.24, 2.45) is 0 Å². The number of carbonyl (C=O) groups excluding carboxylic acids is 1. The topological polar surface area (TPSA) is 104 Å². The highest BCUT2D eigenvalue weighted by Gasteiger charge is 2.13. The van der Waals surface area contributed by atoms with Gasteiger partial charge in [0.1, 0.15) is 5.82 Å². The highest BCUT2D eigenvalue weighted by Crippen LogP contribution is 2.18. The zero-order valence-electron chi connectivity index (χ0n) is 12.5. The molecule has 2 aromatic heterocycles. The molecule has 3 rings (SSSR count). The van der Waals surface area contributed by atoms with E-state index in [9.17, 15) is 19.7 Å². The van der Waals surface area contributed by atoms with Crippen LogP contribution in [0.3, 0.4) is 0 Å². The second-order valence-corrected chi connectivity index (χ2v) is 4.89. The summed E-state index contributed by atoms with van der Waals surface area (Å²) >= 11 is 0. The van der Waals surface area contributed by atoms with Crippen molar-refractivity contribution in [2.75, 3.05) is 7.11 Å². The molecule has 0 aliphatic carbocycles. The van der Waals surface area contributed by atoms with Crippen molar-refractivity contribution in [2.45, 2.75) is 0 Å². The summed E-state index contributed by atoms with van der Waals surface area (Å²) in [5, 5.41) is 11.7. The average Bonchev–Trinajstić information content (AvgIpc) is 2.61. The molecule has 8 nitrogen and oxygen atoms in total. The first-order valence-corrected chi connectivity index (χ1v) is 6.87. The molecule has 0 atom stereocenters. The second-order valence-electron chi connectivity index (χ2n) is 4.89. The summed E-state index contributed by atoms with van der Waals surface area (Å²) in [4.78, 5) is 38.6. The highest BCUT2D eigenvalue weighted by atomic mass is 16.6. The van der Waals surface area contributed by atoms with Gasteiger partial charge >= 0.3 is 5.97 Å². The van der Waals surface area contributed by atoms with Crippen molar-refractivity contribution in [3.63, 3.8) is 0 Å². The molecule has 0 bridgehead atoms. The van der Waals surface area contributed by atoms with Crippen LogP contribution >= 0.6 is 0 Å². The van der Waals surface area contributed by atoms with Gasteiger partial charge in [-0.3, -0.25) is 19.5 Å². The minimum atomic E-state index is -0.624. The predicted molar refractivity (Wildman–Crippen MR) is 85.3 cm³/mol. The van der Waals surface area contributed by atoms with Crippen molar-refractivity contribution in [1.82, 2.24) is 9.55 Å². The number of carbonyl (C=O) groups is 1. The Kier molecular flexibility index (Phi) is 3.78. The Morgan fingerprint density at radius 2 is 2.04 bits per heavy atom. The Bertz CT molecular complexity index is 1030. The standard InChI is InChI=1S/C16H11N3O5/c1-24-16(21)13-3-2-4-14(17-13)18-8-7-10-5-6-11(19(22)23)9-12(10)15(18)20/h2-9H,1H3. The first-order chi connectivity index (χ1) is 11.5. The van der Waals surface area contributed by atoms with Crippen LogP contribution in [0.15, 0.2) is 53.5 Å². The number of aromatic nitrogens is 2. The number of rotatable bonds is 3. The molecule has 3 aromatic rings. The lowest BCUT2D eigenvalue weighted by atomic mass is 10.1. The van der Waals surface area contributed by atoms with E-state index < -0.39 is 16.5 Å². The number of nitrogens with zero attached hydrogens (tertiary/aromatic N) is 3. The first kappa shape index (κ1) is 15.3. The van der Waals surface area contributed by atoms with Gasteiger partial charge < -0.3 is 4.74 Å². The van der Waals surface area contributed by atoms with Gasteiger partial charge in [-0.05, 0) is 29.7 Å². The van der Waals surface area contributed by atoms with Gasteiger partial charge in [-0.25, -0.2) is 9.78 Å². The number of non-ortho nitro benzene ring substituents is 1. The highest BCUT2D eigenvalue weighted by molar-refractivity contribution is 5.87. The van der Waals surface area contributed by atoms with E-state index in [-0.39, 0.29) is 22.6 Å². The molecule has 0 aliphatic rings. The number of benzene rings is 1. The molecule has 0 fully saturated rings. The summed E-state index contributed by atoms with van der Waals surface area (Å²) in [5.74, 6) is -0.405. The maximum atomic E-state index is 12.6. The third kappa shape index (κ3) is 2.60. The fraction of sp³-hybridized carbons (Fsp3) is 0.0625. The average molecular weight is 325 g/mol. The maximum Gasteiger partial charge on any atom is 0.356 e. The number of esters is 1. The van der Waals surface area contributed by atoms with Crippen molar-refractivity contribution >= 4 is 22.4 Å². The zero-order chi connectivity index (χ0) is 17.3. The molecule has 0 N–H and O–H groups in total. The van der Waals surface area contributed by atoms with Crippen molar-refractivity contribution in [3.8, 4) is 5.82 Å². The fourth-order valence-electron chi connectivity index (χ4n) is 2.30. The quantitative estimate of drug-likeness (QED) is 0.415. The van der Waals surface area contributed by atoms with E-state index in [1.807, 2.05) is 0 Å². The van der Waals surface area contributed by atoms with E-state index in [0.29, 0.717) is 5.39 Å². The summed E-state index contributed by atoms with van der Waals surface area (Å²) in [6.45, 7) is 0. The van der Waals surface area contributed by atoms with E-state index in [1.165, 1.54) is 42.1 Å². The molecule has 0 spiro atoms. The maximum absolute atomic E-state index is 12.6. The van der Waals surface area contributed by atoms with Crippen LogP contribution in [0.5, 0.6) is 0 Å². The lowest BCUT2D eigenvalue weighted by Crippen LogP contribution is -2.19. The predicted octanol–water partition coefficient (Wildman–Crippen LogP) is 2.08. The number of fused-ring (bicyclic) bond motifs is 1. The third-order valence-electron chi connectivity index (χ3n) is 3.48. The summed E-state index contributed by atoms with van der Waals surface area (Å²) in [7, 11) is 1.23. The number of ether oxygens (including phenoxy) is 1. The molecule has 120 valence electrons. The van der Waals surface area contributed by atoms with Crippen LogP contribution in [0.1, 0.15) is 10.5 Å². The van der Waals surface area contributed by atoms with Gasteiger partial charge in [-0.1, -0.05) is 6.07 Å². The van der Waals surface area contributed by atoms with Crippen LogP contribution in [-0.4, -0.2) is 27.6 Å². The number of hydrogen-bond donors (Lipinski definition) is 0. The number of hydrogen-bond acceptors (Lipinski definition) is 6. The second kappa shape index (κ2) is 5.92. The van der Waals surface area contributed by atoms with Crippen LogP contribution in [-0.2, 0) is 4.74 Å². The third-order valence-corrected chi connectivity index (χ3v) is 3.48. The first-order valence-electron chi connectivity index (χ1n) is 6.87. The van der Waals surface area contributed by atoms with Gasteiger partial charge in [0.2, 0.25) is 0 Å². The van der Waals surface area contributed by atoms with Crippen LogP contribution in [0, 0.1) is 10.1 Å². The Morgan fingerprint density at radius 3 is 2.75 bits per heavy atom. The van der Waals surface area contributed by atoms with Gasteiger partial charge in [0.25, 0.3) is 11.2 Å². The van der Waals surface area contributed by atoms with Gasteiger partial charge in [0.05, 0.1) is 17.4 Å². The Hall–Kier alpha value is -3.55. The van der Waals surface area contributed by atoms with Gasteiger partial charge in [-0.2, -0.15) is 0 Å². The van der Waals surface area contributed by atoms with Gasteiger partial charge in [0.15, 0.2) is 5.69 Å². The van der Waals surface area contributed by atoms with Crippen LogP contribution in [0.4, 0.5) is 5.69 Å². The minimum Gasteiger partial charge on any atom is -0.464 e. The van der Waals surface area contributed by atoms with Crippen molar-refractivity contribution < 1.29 is 14.5 Å². The molecule has 1 aromatic carbocycles. The van der Waals surface area contributed by atoms with E-state index in [0.717, 1.165) is 0 Å². The number of nitro groups is 1. The van der Waals surface area contributed by atoms with Crippen molar-refractivity contribution in [1.29, 1.82) is 0 Å². The lowest BCUT2D eigenvalue weighted by molar-refractivity contribution is -0.384. The van der Waals surface area contributed by atoms with Crippen molar-refractivity contribution in [3.05, 3.63) is 74.8 Å². The number of nitro benzene ring substituents is 1. The van der Waals surface area contributed by atoms with E-state index in [1.54, 1.807) is 18.2 Å². The largest absolute Gasteiger partial charge is 0.464 e. The Balaban J connectivity index is 2.20. The number of pyridine rings is 2. The fourth-order valence-corrected chi connectivity index (χ4v) is 2.30. The molecular formula is C16H11N3O5. The SMILES string of the molecule is COC(=O)c1cccc(-n2ccc3ccc([N+](=O)[O-])cc3c2=O)n1. The summed E-state index contributed by atoms with van der Waals surface area (Å²) in [5.41, 5.74) is -0.583. The molecule has 0 aliphatic heterocycles. The monoisotopic (exact) mass is 325 g/mol. The molecule has 0 radical (unpaired) electrons. The Morgan fingerprint density at radius 1 is 1.25 bits per heavy atom. The molecule has 0 saturated carbocycles. The molecule has 0 saturated heterocycles. The van der Waals surface area contributed by atoms with E-state index >= 15 is 0 Å². The van der Waals surface area contributed by atoms with Crippen LogP contribution in [0.2, 0.25) is 0 Å². The molecular weight excluding hydrogens is 314 g/mol. The lowest BCUT2D eigenvalue weighted by Gasteiger charge is -2.07. The molecule has 2 heterocycles. The summed E-state index contributed by atoms with van der Waals surface area (Å²) in [6, 6.07) is 10.3. The molecule has 0 unspecified atom stereocenters. The molecule has 8 heteroatoms. The molecule has 0 amide bonds. The summed E-state index contributed by atoms with van der Waals surface area (Å²) < 4.78 is 5.83. The zero-order valence-corrected chi connectivity index (χ0v) is 12.5.